The summed E-state index contributed by atoms with van der Waals surface area (Å²) in [5.41, 5.74) is -1.55. The minimum absolute atomic E-state index is 0.0347. The average molecular weight is 428 g/mol. The highest BCUT2D eigenvalue weighted by Gasteiger charge is 2.32. The van der Waals surface area contributed by atoms with E-state index in [9.17, 15) is 13.6 Å². The van der Waals surface area contributed by atoms with Crippen LogP contribution in [0.25, 0.3) is 0 Å². The number of ether oxygens (including phenoxy) is 1. The van der Waals surface area contributed by atoms with Gasteiger partial charge in [0, 0.05) is 26.2 Å². The van der Waals surface area contributed by atoms with Gasteiger partial charge in [-0.1, -0.05) is 32.2 Å². The zero-order valence-electron chi connectivity index (χ0n) is 16.0. The summed E-state index contributed by atoms with van der Waals surface area (Å²) >= 11 is 0.873. The summed E-state index contributed by atoms with van der Waals surface area (Å²) in [6.45, 7) is 7.73. The molecule has 0 saturated carbocycles. The normalized spacial score (nSPS) is 15.2. The lowest BCUT2D eigenvalue weighted by atomic mass is 10.1. The molecule has 1 aliphatic heterocycles. The van der Waals surface area contributed by atoms with Crippen molar-refractivity contribution in [2.45, 2.75) is 32.5 Å². The van der Waals surface area contributed by atoms with Crippen molar-refractivity contribution in [3.63, 3.8) is 0 Å². The van der Waals surface area contributed by atoms with Crippen LogP contribution in [-0.2, 0) is 5.66 Å². The van der Waals surface area contributed by atoms with Crippen molar-refractivity contribution in [2.75, 3.05) is 31.1 Å². The zero-order chi connectivity index (χ0) is 20.5. The van der Waals surface area contributed by atoms with E-state index in [4.69, 9.17) is 4.74 Å². The van der Waals surface area contributed by atoms with Crippen LogP contribution in [0.3, 0.4) is 0 Å². The summed E-state index contributed by atoms with van der Waals surface area (Å²) in [6.07, 6.45) is -0.0347. The summed E-state index contributed by atoms with van der Waals surface area (Å²) in [6, 6.07) is 5.58. The number of alkyl halides is 2. The molecule has 1 atom stereocenters. The fourth-order valence-electron chi connectivity index (χ4n) is 2.92. The lowest BCUT2D eigenvalue weighted by molar-refractivity contribution is 0.0740. The molecule has 3 rings (SSSR count). The maximum absolute atomic E-state index is 13.3. The van der Waals surface area contributed by atoms with E-state index >= 15 is 0 Å². The first-order chi connectivity index (χ1) is 13.1. The Morgan fingerprint density at radius 3 is 2.50 bits per heavy atom. The van der Waals surface area contributed by atoms with Crippen molar-refractivity contribution >= 4 is 31.6 Å². The van der Waals surface area contributed by atoms with Gasteiger partial charge in [0.25, 0.3) is 5.91 Å². The molecule has 2 heterocycles. The van der Waals surface area contributed by atoms with E-state index in [2.05, 4.69) is 10.2 Å². The Kier molecular flexibility index (Phi) is 6.15. The minimum Gasteiger partial charge on any atom is -0.490 e. The van der Waals surface area contributed by atoms with Crippen molar-refractivity contribution in [2.24, 2.45) is 0 Å². The van der Waals surface area contributed by atoms with Crippen LogP contribution in [-0.4, -0.2) is 53.3 Å². The number of aryl methyl sites for hydroxylation is 1. The molecule has 28 heavy (non-hydrogen) atoms. The third-order valence-corrected chi connectivity index (χ3v) is 5.82. The van der Waals surface area contributed by atoms with Crippen LogP contribution < -0.4 is 9.64 Å². The SMILES string of the molecule is Cc1ccc(OC(C)C)c(C(=O)N2CCN(c3nnc(C(F)(F)P)s3)CC2)c1. The number of piperazine rings is 1. The molecule has 10 heteroatoms. The molecule has 0 bridgehead atoms. The largest absolute Gasteiger partial charge is 0.490 e. The van der Waals surface area contributed by atoms with Gasteiger partial charge in [0.15, 0.2) is 5.01 Å². The number of benzene rings is 1. The Balaban J connectivity index is 1.69. The summed E-state index contributed by atoms with van der Waals surface area (Å²) in [5, 5.41) is 7.56. The number of hydrogen-bond acceptors (Lipinski definition) is 6. The Morgan fingerprint density at radius 2 is 1.93 bits per heavy atom. The number of halogens is 2. The Labute approximate surface area is 169 Å². The van der Waals surface area contributed by atoms with Crippen molar-refractivity contribution in [1.29, 1.82) is 0 Å². The molecule has 1 aromatic carbocycles. The van der Waals surface area contributed by atoms with Crippen molar-refractivity contribution in [3.8, 4) is 5.75 Å². The van der Waals surface area contributed by atoms with Crippen LogP contribution in [0.2, 0.25) is 0 Å². The number of nitrogens with zero attached hydrogens (tertiary/aromatic N) is 4. The van der Waals surface area contributed by atoms with Gasteiger partial charge in [-0.3, -0.25) is 4.79 Å². The van der Waals surface area contributed by atoms with Gasteiger partial charge in [-0.25, -0.2) is 0 Å². The monoisotopic (exact) mass is 428 g/mol. The Bertz CT molecular complexity index is 848. The standard InChI is InChI=1S/C18H23F2N4O2PS/c1-11(2)26-14-5-4-12(3)10-13(14)15(25)23-6-8-24(9-7-23)17-22-21-16(28-17)18(19,20)27/h4-5,10-11H,6-9,27H2,1-3H3. The molecule has 1 unspecified atom stereocenters. The van der Waals surface area contributed by atoms with Crippen LogP contribution in [0.4, 0.5) is 13.9 Å². The van der Waals surface area contributed by atoms with Crippen LogP contribution in [0, 0.1) is 6.92 Å². The van der Waals surface area contributed by atoms with Crippen molar-refractivity contribution in [1.82, 2.24) is 15.1 Å². The molecule has 0 aliphatic carbocycles. The smallest absolute Gasteiger partial charge is 0.311 e. The van der Waals surface area contributed by atoms with E-state index in [0.717, 1.165) is 16.9 Å². The first-order valence-electron chi connectivity index (χ1n) is 8.97. The number of amides is 1. The van der Waals surface area contributed by atoms with Crippen LogP contribution >= 0.6 is 20.6 Å². The summed E-state index contributed by atoms with van der Waals surface area (Å²) in [4.78, 5) is 16.7. The highest BCUT2D eigenvalue weighted by atomic mass is 32.1. The van der Waals surface area contributed by atoms with E-state index in [1.807, 2.05) is 43.9 Å². The molecule has 0 spiro atoms. The number of carbonyl (C=O) groups is 1. The first kappa shape index (κ1) is 20.9. The molecule has 1 amide bonds. The van der Waals surface area contributed by atoms with E-state index < -0.39 is 5.66 Å². The first-order valence-corrected chi connectivity index (χ1v) is 10.4. The second-order valence-corrected chi connectivity index (χ2v) is 8.64. The molecule has 1 fully saturated rings. The number of hydrogen-bond donors (Lipinski definition) is 0. The highest BCUT2D eigenvalue weighted by molar-refractivity contribution is 7.21. The molecule has 2 aromatic rings. The molecular weight excluding hydrogens is 405 g/mol. The predicted molar refractivity (Wildman–Crippen MR) is 109 cm³/mol. The maximum atomic E-state index is 13.3. The average Bonchev–Trinajstić information content (AvgIpc) is 3.13. The maximum Gasteiger partial charge on any atom is 0.311 e. The molecule has 1 saturated heterocycles. The van der Waals surface area contributed by atoms with Gasteiger partial charge in [0.2, 0.25) is 5.13 Å². The highest BCUT2D eigenvalue weighted by Crippen LogP contribution is 2.38. The third kappa shape index (κ3) is 4.75. The number of anilines is 1. The zero-order valence-corrected chi connectivity index (χ0v) is 18.0. The van der Waals surface area contributed by atoms with Crippen LogP contribution in [0.15, 0.2) is 18.2 Å². The quantitative estimate of drug-likeness (QED) is 0.682. The summed E-state index contributed by atoms with van der Waals surface area (Å²) < 4.78 is 32.5. The number of carbonyl (C=O) groups excluding carboxylic acids is 1. The molecule has 152 valence electrons. The fraction of sp³-hybridized carbons (Fsp3) is 0.500. The molecule has 0 N–H and O–H groups in total. The summed E-state index contributed by atoms with van der Waals surface area (Å²) in [5.74, 6) is 0.484. The number of rotatable bonds is 5. The van der Waals surface area contributed by atoms with Crippen molar-refractivity contribution in [3.05, 3.63) is 34.3 Å². The molecule has 1 aliphatic rings. The van der Waals surface area contributed by atoms with Crippen LogP contribution in [0.5, 0.6) is 5.75 Å². The third-order valence-electron chi connectivity index (χ3n) is 4.27. The van der Waals surface area contributed by atoms with E-state index in [-0.39, 0.29) is 17.0 Å². The van der Waals surface area contributed by atoms with E-state index in [1.54, 1.807) is 4.90 Å². The van der Waals surface area contributed by atoms with Gasteiger partial charge in [0.05, 0.1) is 11.7 Å². The van der Waals surface area contributed by atoms with Gasteiger partial charge in [-0.05, 0) is 32.9 Å². The second kappa shape index (κ2) is 8.25. The van der Waals surface area contributed by atoms with Gasteiger partial charge < -0.3 is 14.5 Å². The minimum atomic E-state index is -3.08. The summed E-state index contributed by atoms with van der Waals surface area (Å²) in [7, 11) is 1.47. The van der Waals surface area contributed by atoms with Gasteiger partial charge in [-0.15, -0.1) is 10.2 Å². The van der Waals surface area contributed by atoms with Crippen LogP contribution in [0.1, 0.15) is 34.8 Å². The second-order valence-electron chi connectivity index (χ2n) is 6.96. The lowest BCUT2D eigenvalue weighted by Gasteiger charge is -2.34. The molecule has 0 radical (unpaired) electrons. The van der Waals surface area contributed by atoms with Gasteiger partial charge >= 0.3 is 5.66 Å². The molecular formula is C18H23F2N4O2PS. The Morgan fingerprint density at radius 1 is 1.25 bits per heavy atom. The predicted octanol–water partition coefficient (Wildman–Crippen LogP) is 3.52. The topological polar surface area (TPSA) is 58.6 Å². The van der Waals surface area contributed by atoms with E-state index in [0.29, 0.717) is 42.6 Å². The van der Waals surface area contributed by atoms with Crippen molar-refractivity contribution < 1.29 is 18.3 Å². The lowest BCUT2D eigenvalue weighted by Crippen LogP contribution is -2.48. The van der Waals surface area contributed by atoms with Gasteiger partial charge in [0.1, 0.15) is 5.75 Å². The van der Waals surface area contributed by atoms with E-state index in [1.165, 1.54) is 9.24 Å². The Hall–Kier alpha value is -1.86. The molecule has 6 nitrogen and oxygen atoms in total. The van der Waals surface area contributed by atoms with Gasteiger partial charge in [-0.2, -0.15) is 8.78 Å². The molecule has 1 aromatic heterocycles. The fourth-order valence-corrected chi connectivity index (χ4v) is 3.94. The number of aromatic nitrogens is 2.